The van der Waals surface area contributed by atoms with Crippen molar-refractivity contribution >= 4 is 11.9 Å². The minimum Gasteiger partial charge on any atom is -0.452 e. The van der Waals surface area contributed by atoms with E-state index in [0.717, 1.165) is 16.7 Å². The van der Waals surface area contributed by atoms with E-state index in [1.165, 1.54) is 0 Å². The van der Waals surface area contributed by atoms with E-state index in [1.54, 1.807) is 6.92 Å². The summed E-state index contributed by atoms with van der Waals surface area (Å²) in [6, 6.07) is 28.5. The monoisotopic (exact) mass is 373 g/mol. The van der Waals surface area contributed by atoms with Gasteiger partial charge in [-0.3, -0.25) is 9.59 Å². The molecular weight excluding hydrogens is 350 g/mol. The van der Waals surface area contributed by atoms with Crippen LogP contribution in [0.3, 0.4) is 0 Å². The van der Waals surface area contributed by atoms with Crippen molar-refractivity contribution in [1.82, 2.24) is 5.32 Å². The predicted octanol–water partition coefficient (Wildman–Crippen LogP) is 4.07. The lowest BCUT2D eigenvalue weighted by atomic mass is 9.91. The van der Waals surface area contributed by atoms with E-state index < -0.39 is 18.0 Å². The van der Waals surface area contributed by atoms with Gasteiger partial charge >= 0.3 is 5.97 Å². The Morgan fingerprint density at radius 1 is 0.786 bits per heavy atom. The molecule has 0 heterocycles. The van der Waals surface area contributed by atoms with Crippen LogP contribution in [0, 0.1) is 0 Å². The molecule has 1 unspecified atom stereocenters. The number of carbonyl (C=O) groups excluding carboxylic acids is 2. The molecule has 4 nitrogen and oxygen atoms in total. The fraction of sp³-hybridized carbons (Fsp3) is 0.167. The molecule has 0 saturated heterocycles. The van der Waals surface area contributed by atoms with Crippen LogP contribution in [0.15, 0.2) is 91.0 Å². The lowest BCUT2D eigenvalue weighted by Crippen LogP contribution is -2.36. The second kappa shape index (κ2) is 9.51. The Kier molecular flexibility index (Phi) is 6.58. The van der Waals surface area contributed by atoms with Gasteiger partial charge in [-0.25, -0.2) is 0 Å². The van der Waals surface area contributed by atoms with Crippen molar-refractivity contribution < 1.29 is 14.3 Å². The topological polar surface area (TPSA) is 55.4 Å². The van der Waals surface area contributed by atoms with Gasteiger partial charge in [0.1, 0.15) is 5.92 Å². The molecule has 0 aliphatic carbocycles. The van der Waals surface area contributed by atoms with Crippen molar-refractivity contribution in [1.29, 1.82) is 0 Å². The Morgan fingerprint density at radius 2 is 1.25 bits per heavy atom. The smallest absolute Gasteiger partial charge is 0.318 e. The minimum absolute atomic E-state index is 0.322. The highest BCUT2D eigenvalue weighted by atomic mass is 16.5. The number of benzene rings is 3. The zero-order valence-electron chi connectivity index (χ0n) is 15.7. The van der Waals surface area contributed by atoms with Gasteiger partial charge < -0.3 is 10.1 Å². The predicted molar refractivity (Wildman–Crippen MR) is 109 cm³/mol. The number of carbonyl (C=O) groups is 2. The standard InChI is InChI=1S/C24H23NO3/c1-18(23(26)25-17-19-11-5-2-6-12-19)28-24(27)22(20-13-7-3-8-14-20)21-15-9-4-10-16-21/h2-16,18,22H,17H2,1H3,(H,25,26). The highest BCUT2D eigenvalue weighted by molar-refractivity contribution is 5.87. The molecule has 3 aromatic rings. The van der Waals surface area contributed by atoms with Gasteiger partial charge in [0.15, 0.2) is 6.10 Å². The first-order valence-corrected chi connectivity index (χ1v) is 9.27. The van der Waals surface area contributed by atoms with Crippen molar-refractivity contribution in [3.05, 3.63) is 108 Å². The Morgan fingerprint density at radius 3 is 1.75 bits per heavy atom. The number of nitrogens with one attached hydrogen (secondary N) is 1. The van der Waals surface area contributed by atoms with Crippen molar-refractivity contribution in [2.45, 2.75) is 25.5 Å². The lowest BCUT2D eigenvalue weighted by Gasteiger charge is -2.20. The Balaban J connectivity index is 1.68. The highest BCUT2D eigenvalue weighted by Gasteiger charge is 2.27. The van der Waals surface area contributed by atoms with Gasteiger partial charge in [-0.2, -0.15) is 0 Å². The van der Waals surface area contributed by atoms with E-state index in [-0.39, 0.29) is 5.91 Å². The molecule has 0 aliphatic heterocycles. The first-order chi connectivity index (χ1) is 13.6. The third kappa shape index (κ3) is 5.07. The zero-order valence-corrected chi connectivity index (χ0v) is 15.7. The van der Waals surface area contributed by atoms with E-state index in [2.05, 4.69) is 5.32 Å². The second-order valence-electron chi connectivity index (χ2n) is 6.54. The van der Waals surface area contributed by atoms with Crippen LogP contribution in [0.1, 0.15) is 29.5 Å². The van der Waals surface area contributed by atoms with Crippen LogP contribution in [0.4, 0.5) is 0 Å². The van der Waals surface area contributed by atoms with E-state index in [1.807, 2.05) is 91.0 Å². The Bertz CT molecular complexity index is 855. The summed E-state index contributed by atoms with van der Waals surface area (Å²) in [5.74, 6) is -1.34. The SMILES string of the molecule is CC(OC(=O)C(c1ccccc1)c1ccccc1)C(=O)NCc1ccccc1. The molecule has 0 saturated carbocycles. The number of amides is 1. The summed E-state index contributed by atoms with van der Waals surface area (Å²) in [7, 11) is 0. The zero-order chi connectivity index (χ0) is 19.8. The maximum atomic E-state index is 12.9. The molecule has 1 atom stereocenters. The molecule has 1 N–H and O–H groups in total. The molecule has 0 spiro atoms. The molecule has 28 heavy (non-hydrogen) atoms. The van der Waals surface area contributed by atoms with Crippen molar-refractivity contribution in [2.75, 3.05) is 0 Å². The number of hydrogen-bond donors (Lipinski definition) is 1. The third-order valence-corrected chi connectivity index (χ3v) is 4.47. The van der Waals surface area contributed by atoms with Gasteiger partial charge in [0.05, 0.1) is 0 Å². The molecule has 0 aromatic heterocycles. The Labute approximate surface area is 165 Å². The summed E-state index contributed by atoms with van der Waals surface area (Å²) in [5.41, 5.74) is 2.65. The molecule has 0 radical (unpaired) electrons. The number of esters is 1. The molecule has 1 amide bonds. The largest absolute Gasteiger partial charge is 0.452 e. The summed E-state index contributed by atoms with van der Waals surface area (Å²) < 4.78 is 5.52. The average molecular weight is 373 g/mol. The molecule has 4 heteroatoms. The fourth-order valence-corrected chi connectivity index (χ4v) is 2.98. The fourth-order valence-electron chi connectivity index (χ4n) is 2.98. The van der Waals surface area contributed by atoms with E-state index >= 15 is 0 Å². The van der Waals surface area contributed by atoms with Crippen LogP contribution in [-0.2, 0) is 20.9 Å². The molecular formula is C24H23NO3. The van der Waals surface area contributed by atoms with E-state index in [4.69, 9.17) is 4.74 Å². The van der Waals surface area contributed by atoms with Crippen LogP contribution in [0.2, 0.25) is 0 Å². The molecule has 0 fully saturated rings. The maximum absolute atomic E-state index is 12.9. The number of hydrogen-bond acceptors (Lipinski definition) is 3. The van der Waals surface area contributed by atoms with Gasteiger partial charge in [-0.15, -0.1) is 0 Å². The maximum Gasteiger partial charge on any atom is 0.318 e. The van der Waals surface area contributed by atoms with Gasteiger partial charge in [-0.1, -0.05) is 91.0 Å². The van der Waals surface area contributed by atoms with Gasteiger partial charge in [0, 0.05) is 6.54 Å². The minimum atomic E-state index is -0.883. The van der Waals surface area contributed by atoms with Crippen LogP contribution >= 0.6 is 0 Å². The van der Waals surface area contributed by atoms with Gasteiger partial charge in [0.2, 0.25) is 0 Å². The van der Waals surface area contributed by atoms with Crippen LogP contribution < -0.4 is 5.32 Å². The van der Waals surface area contributed by atoms with Crippen molar-refractivity contribution in [3.8, 4) is 0 Å². The number of rotatable bonds is 7. The van der Waals surface area contributed by atoms with Gasteiger partial charge in [-0.05, 0) is 23.6 Å². The quantitative estimate of drug-likeness (QED) is 0.635. The molecule has 0 aliphatic rings. The summed E-state index contributed by atoms with van der Waals surface area (Å²) in [6.07, 6.45) is -0.883. The van der Waals surface area contributed by atoms with Crippen molar-refractivity contribution in [2.24, 2.45) is 0 Å². The molecule has 3 rings (SSSR count). The second-order valence-corrected chi connectivity index (χ2v) is 6.54. The summed E-state index contributed by atoms with van der Waals surface area (Å²) in [4.78, 5) is 25.3. The average Bonchev–Trinajstić information content (AvgIpc) is 2.74. The summed E-state index contributed by atoms with van der Waals surface area (Å²) in [6.45, 7) is 1.98. The number of ether oxygens (including phenoxy) is 1. The Hall–Kier alpha value is -3.40. The third-order valence-electron chi connectivity index (χ3n) is 4.47. The molecule has 142 valence electrons. The molecule has 0 bridgehead atoms. The van der Waals surface area contributed by atoms with E-state index in [9.17, 15) is 9.59 Å². The first-order valence-electron chi connectivity index (χ1n) is 9.27. The van der Waals surface area contributed by atoms with Crippen LogP contribution in [0.5, 0.6) is 0 Å². The van der Waals surface area contributed by atoms with Crippen LogP contribution in [-0.4, -0.2) is 18.0 Å². The van der Waals surface area contributed by atoms with Crippen LogP contribution in [0.25, 0.3) is 0 Å². The van der Waals surface area contributed by atoms with E-state index in [0.29, 0.717) is 6.54 Å². The summed E-state index contributed by atoms with van der Waals surface area (Å²) in [5, 5.41) is 2.81. The normalized spacial score (nSPS) is 11.6. The summed E-state index contributed by atoms with van der Waals surface area (Å²) >= 11 is 0. The highest BCUT2D eigenvalue weighted by Crippen LogP contribution is 2.26. The lowest BCUT2D eigenvalue weighted by molar-refractivity contribution is -0.155. The van der Waals surface area contributed by atoms with Crippen molar-refractivity contribution in [3.63, 3.8) is 0 Å². The molecule has 3 aromatic carbocycles. The van der Waals surface area contributed by atoms with Gasteiger partial charge in [0.25, 0.3) is 5.91 Å². The first kappa shape index (κ1) is 19.4.